The Hall–Kier alpha value is -15.4. The molecule has 0 spiro atoms. The largest absolute Gasteiger partial charge is 0.309 e. The van der Waals surface area contributed by atoms with Crippen molar-refractivity contribution in [2.45, 2.75) is 0 Å². The van der Waals surface area contributed by atoms with Crippen LogP contribution >= 0.6 is 22.7 Å². The molecule has 0 fully saturated rings. The Morgan fingerprint density at radius 1 is 0.130 bits per heavy atom. The average molecular weight is 1600 g/mol. The fourth-order valence-corrected chi connectivity index (χ4v) is 22.4. The molecule has 0 unspecified atom stereocenters. The number of rotatable bonds is 8. The summed E-state index contributed by atoms with van der Waals surface area (Å²) in [6, 6.07) is 167. The van der Waals surface area contributed by atoms with Crippen molar-refractivity contribution in [3.05, 3.63) is 455 Å². The minimum atomic E-state index is 1.17. The van der Waals surface area contributed by atoms with Crippen LogP contribution in [0.4, 0.5) is 0 Å². The zero-order chi connectivity index (χ0) is 81.0. The molecule has 0 aliphatic heterocycles. The van der Waals surface area contributed by atoms with E-state index in [9.17, 15) is 0 Å². The highest BCUT2D eigenvalue weighted by atomic mass is 32.1. The van der Waals surface area contributed by atoms with Crippen molar-refractivity contribution in [2.75, 3.05) is 0 Å². The molecule has 1 nitrogen and oxygen atoms in total. The number of thiophene rings is 2. The van der Waals surface area contributed by atoms with Crippen LogP contribution in [0.3, 0.4) is 0 Å². The van der Waals surface area contributed by atoms with E-state index < -0.39 is 0 Å². The Bertz CT molecular complexity index is 8600. The van der Waals surface area contributed by atoms with Crippen molar-refractivity contribution in [2.24, 2.45) is 0 Å². The van der Waals surface area contributed by atoms with Crippen LogP contribution in [0, 0.1) is 0 Å². The first-order valence-electron chi connectivity index (χ1n) is 42.3. The second kappa shape index (κ2) is 29.9. The van der Waals surface area contributed by atoms with Gasteiger partial charge in [-0.1, -0.05) is 388 Å². The fraction of sp³-hybridized carbons (Fsp3) is 0. The molecule has 3 aromatic heterocycles. The zero-order valence-electron chi connectivity index (χ0n) is 67.1. The van der Waals surface area contributed by atoms with Gasteiger partial charge in [0.2, 0.25) is 0 Å². The van der Waals surface area contributed by atoms with E-state index in [-0.39, 0.29) is 0 Å². The Labute approximate surface area is 719 Å². The van der Waals surface area contributed by atoms with Gasteiger partial charge in [-0.2, -0.15) is 0 Å². The van der Waals surface area contributed by atoms with E-state index in [1.54, 1.807) is 0 Å². The summed E-state index contributed by atoms with van der Waals surface area (Å²) in [7, 11) is 0. The van der Waals surface area contributed by atoms with Crippen LogP contribution in [-0.2, 0) is 0 Å². The van der Waals surface area contributed by atoms with E-state index >= 15 is 0 Å². The summed E-state index contributed by atoms with van der Waals surface area (Å²) in [5.74, 6) is 0. The lowest BCUT2D eigenvalue weighted by molar-refractivity contribution is 1.18. The van der Waals surface area contributed by atoms with Crippen molar-refractivity contribution >= 4 is 182 Å². The molecule has 123 heavy (non-hydrogen) atoms. The molecule has 0 saturated carbocycles. The maximum Gasteiger partial charge on any atom is 0.0541 e. The predicted octanol–water partition coefficient (Wildman–Crippen LogP) is 34.9. The first-order valence-corrected chi connectivity index (χ1v) is 44.0. The van der Waals surface area contributed by atoms with Gasteiger partial charge >= 0.3 is 0 Å². The molecular weight excluding hydrogens is 1520 g/mol. The third-order valence-corrected chi connectivity index (χ3v) is 28.0. The second-order valence-corrected chi connectivity index (χ2v) is 34.4. The molecule has 0 saturated heterocycles. The molecule has 26 aromatic rings. The van der Waals surface area contributed by atoms with Crippen LogP contribution in [0.15, 0.2) is 455 Å². The average Bonchev–Trinajstić information content (AvgIpc) is 1.56. The van der Waals surface area contributed by atoms with Crippen molar-refractivity contribution in [1.82, 2.24) is 4.57 Å². The summed E-state index contributed by atoms with van der Waals surface area (Å²) in [5.41, 5.74) is 21.2. The lowest BCUT2D eigenvalue weighted by Crippen LogP contribution is -1.93. The minimum absolute atomic E-state index is 1.17. The molecule has 0 N–H and O–H groups in total. The molecule has 26 rings (SSSR count). The number of benzene rings is 23. The van der Waals surface area contributed by atoms with Crippen LogP contribution in [0.5, 0.6) is 0 Å². The Kier molecular flexibility index (Phi) is 17.4. The highest BCUT2D eigenvalue weighted by molar-refractivity contribution is 7.27. The standard InChI is InChI=1S/C42H27N.C42H26S.C36H22S/c1-2-14-35-33(12-1)34-13-3-4-15-36(34)40-27-31(22-25-37(35)40)30-11-9-10-29(26-30)28-20-23-32(24-21-28)43-41-18-7-5-16-38(41)39-17-6-8-19-42(39)43;1-2-11-27(12-3-1)31-19-9-21-38-39-22-10-20-32(42(39)43-41(31)38)30-14-8-13-28(25-30)29-23-24-37-35-17-5-4-15-33(35)34-16-6-7-18-36(34)40(37)26-29;1-2-13-29-27(11-1)28-12-3-4-14-30(28)34-22-24(19-20-31(29)34)23-9-7-10-25(21-23)26-16-8-17-33-32-15-5-6-18-35(32)37-36(26)33/h1-27H;1-26H;1-22H. The molecule has 23 aromatic carbocycles. The van der Waals surface area contributed by atoms with Crippen LogP contribution in [0.1, 0.15) is 0 Å². The van der Waals surface area contributed by atoms with Gasteiger partial charge in [0.05, 0.1) is 11.0 Å². The highest BCUT2D eigenvalue weighted by Gasteiger charge is 2.20. The lowest BCUT2D eigenvalue weighted by atomic mass is 9.91. The zero-order valence-corrected chi connectivity index (χ0v) is 68.7. The van der Waals surface area contributed by atoms with Crippen LogP contribution in [0.2, 0.25) is 0 Å². The molecule has 0 aliphatic carbocycles. The smallest absolute Gasteiger partial charge is 0.0541 e. The summed E-state index contributed by atoms with van der Waals surface area (Å²) in [4.78, 5) is 0. The van der Waals surface area contributed by atoms with Crippen LogP contribution < -0.4 is 0 Å². The fourth-order valence-electron chi connectivity index (χ4n) is 19.7. The summed E-state index contributed by atoms with van der Waals surface area (Å²) in [6.45, 7) is 0. The molecule has 3 heterocycles. The summed E-state index contributed by atoms with van der Waals surface area (Å²) in [5, 5.41) is 31.4. The minimum Gasteiger partial charge on any atom is -0.309 e. The molecule has 0 aliphatic rings. The summed E-state index contributed by atoms with van der Waals surface area (Å²) < 4.78 is 7.76. The van der Waals surface area contributed by atoms with Gasteiger partial charge in [0.1, 0.15) is 0 Å². The van der Waals surface area contributed by atoms with E-state index in [1.807, 2.05) is 22.7 Å². The van der Waals surface area contributed by atoms with Gasteiger partial charge in [-0.3, -0.25) is 0 Å². The van der Waals surface area contributed by atoms with Gasteiger partial charge in [0, 0.05) is 56.8 Å². The number of aromatic nitrogens is 1. The summed E-state index contributed by atoms with van der Waals surface area (Å²) >= 11 is 3.80. The van der Waals surface area contributed by atoms with Crippen LogP contribution in [0.25, 0.3) is 243 Å². The molecule has 3 heteroatoms. The van der Waals surface area contributed by atoms with Crippen molar-refractivity contribution in [3.8, 4) is 83.6 Å². The monoisotopic (exact) mass is 1590 g/mol. The lowest BCUT2D eigenvalue weighted by Gasteiger charge is -2.13. The maximum absolute atomic E-state index is 2.38. The highest BCUT2D eigenvalue weighted by Crippen LogP contribution is 2.48. The number of nitrogens with zero attached hydrogens (tertiary/aromatic N) is 1. The first-order chi connectivity index (χ1) is 61.0. The van der Waals surface area contributed by atoms with Crippen molar-refractivity contribution < 1.29 is 0 Å². The Morgan fingerprint density at radius 3 is 0.764 bits per heavy atom. The molecule has 0 atom stereocenters. The van der Waals surface area contributed by atoms with Crippen LogP contribution in [-0.4, -0.2) is 4.57 Å². The number of hydrogen-bond donors (Lipinski definition) is 0. The third-order valence-electron chi connectivity index (χ3n) is 25.5. The molecule has 0 bridgehead atoms. The first kappa shape index (κ1) is 71.7. The topological polar surface area (TPSA) is 4.93 Å². The molecule has 0 radical (unpaired) electrons. The molecule has 0 amide bonds. The number of para-hydroxylation sites is 2. The van der Waals surface area contributed by atoms with Crippen molar-refractivity contribution in [1.29, 1.82) is 0 Å². The van der Waals surface area contributed by atoms with Gasteiger partial charge in [0.15, 0.2) is 0 Å². The van der Waals surface area contributed by atoms with E-state index in [2.05, 4.69) is 460 Å². The van der Waals surface area contributed by atoms with Crippen molar-refractivity contribution in [3.63, 3.8) is 0 Å². The van der Waals surface area contributed by atoms with E-state index in [0.29, 0.717) is 0 Å². The van der Waals surface area contributed by atoms with E-state index in [1.165, 1.54) is 243 Å². The van der Waals surface area contributed by atoms with Gasteiger partial charge in [-0.25, -0.2) is 0 Å². The van der Waals surface area contributed by atoms with Gasteiger partial charge in [-0.15, -0.1) is 22.7 Å². The van der Waals surface area contributed by atoms with E-state index in [4.69, 9.17) is 0 Å². The molecule has 572 valence electrons. The Morgan fingerprint density at radius 2 is 0.374 bits per heavy atom. The second-order valence-electron chi connectivity index (χ2n) is 32.3. The maximum atomic E-state index is 2.38. The normalized spacial score (nSPS) is 11.7. The third kappa shape index (κ3) is 12.3. The number of hydrogen-bond acceptors (Lipinski definition) is 2. The van der Waals surface area contributed by atoms with Gasteiger partial charge < -0.3 is 4.57 Å². The van der Waals surface area contributed by atoms with E-state index in [0.717, 1.165) is 0 Å². The number of fused-ring (bicyclic) bond motifs is 27. The molecular formula is C120H75NS2. The van der Waals surface area contributed by atoms with Gasteiger partial charge in [-0.05, 0) is 242 Å². The summed E-state index contributed by atoms with van der Waals surface area (Å²) in [6.07, 6.45) is 0. The van der Waals surface area contributed by atoms with Gasteiger partial charge in [0.25, 0.3) is 0 Å². The SMILES string of the molecule is c1cc(-c2ccc(-n3c4ccccc4c4ccccc43)cc2)cc(-c2ccc3c4ccccc4c4ccccc4c3c2)c1.c1cc(-c2ccc3c4ccccc4c4ccccc4c3c2)cc(-c2cccc3c2sc2ccccc23)c1.c1ccc(-c2cccc3c2sc2c(-c4cccc(-c5ccc6c7ccccc7c7ccccc7c6c5)c4)cccc23)cc1. The quantitative estimate of drug-likeness (QED) is 0.134. The predicted molar refractivity (Wildman–Crippen MR) is 535 cm³/mol. The Balaban J connectivity index is 0.000000104.